The topological polar surface area (TPSA) is 182 Å². The van der Waals surface area contributed by atoms with Crippen molar-refractivity contribution >= 4 is 55.8 Å². The number of aromatic nitrogens is 3. The molecule has 0 aliphatic carbocycles. The van der Waals surface area contributed by atoms with Crippen LogP contribution in [0.25, 0.3) is 0 Å². The molecule has 1 aliphatic heterocycles. The molecule has 1 fully saturated rings. The number of carbonyl (C=O) groups excluding carboxylic acids is 2. The number of sulfone groups is 1. The summed E-state index contributed by atoms with van der Waals surface area (Å²) in [6.45, 7) is 5.56. The highest BCUT2D eigenvalue weighted by Crippen LogP contribution is 2.27. The minimum absolute atomic E-state index is 0.237. The maximum atomic E-state index is 12.2. The maximum Gasteiger partial charge on any atom is 0.350 e. The van der Waals surface area contributed by atoms with Gasteiger partial charge < -0.3 is 26.0 Å². The number of piperazine rings is 1. The molecule has 5 N–H and O–H groups in total. The number of amides is 1. The number of primary amides is 1. The summed E-state index contributed by atoms with van der Waals surface area (Å²) < 4.78 is 28.6. The molecule has 0 radical (unpaired) electrons. The molecule has 1 atom stereocenters. The third kappa shape index (κ3) is 7.19. The molecule has 0 bridgehead atoms. The van der Waals surface area contributed by atoms with Crippen molar-refractivity contribution in [2.45, 2.75) is 31.3 Å². The lowest BCUT2D eigenvalue weighted by molar-refractivity contribution is -0.120. The number of nitrogens with one attached hydrogen (secondary N) is 3. The molecule has 13 nitrogen and oxygen atoms in total. The maximum absolute atomic E-state index is 12.2. The standard InChI is InChI=1S/C24H30N8O5S2/c1-4-37-22(34)20-14(2)28-24(38-20)31-23-29-18(27-12-15-5-7-16(8-6-15)39(3,35)36)11-19(30-23)32-10-9-26-17(13-32)21(25)33/h5-8,11,17,26H,4,9-10,12-13H2,1-3H3,(H2,25,33)(H2,27,28,29,30,31). The number of nitrogens with two attached hydrogens (primary N) is 1. The zero-order chi connectivity index (χ0) is 28.2. The van der Waals surface area contributed by atoms with Gasteiger partial charge in [-0.2, -0.15) is 9.97 Å². The van der Waals surface area contributed by atoms with Gasteiger partial charge in [-0.1, -0.05) is 23.5 Å². The van der Waals surface area contributed by atoms with Crippen molar-refractivity contribution in [1.29, 1.82) is 0 Å². The van der Waals surface area contributed by atoms with Gasteiger partial charge >= 0.3 is 5.97 Å². The zero-order valence-electron chi connectivity index (χ0n) is 21.7. The number of hydrogen-bond donors (Lipinski definition) is 4. The van der Waals surface area contributed by atoms with Crippen LogP contribution in [0, 0.1) is 6.92 Å². The van der Waals surface area contributed by atoms with E-state index in [9.17, 15) is 18.0 Å². The second-order valence-electron chi connectivity index (χ2n) is 8.84. The Morgan fingerprint density at radius 3 is 2.64 bits per heavy atom. The van der Waals surface area contributed by atoms with Crippen molar-refractivity contribution in [3.63, 3.8) is 0 Å². The molecular formula is C24H30N8O5S2. The fourth-order valence-corrected chi connectivity index (χ4v) is 5.35. The number of anilines is 4. The predicted molar refractivity (Wildman–Crippen MR) is 148 cm³/mol. The lowest BCUT2D eigenvalue weighted by Crippen LogP contribution is -2.56. The van der Waals surface area contributed by atoms with Crippen LogP contribution in [0.2, 0.25) is 0 Å². The second kappa shape index (κ2) is 11.9. The number of nitrogens with zero attached hydrogens (tertiary/aromatic N) is 4. The molecule has 39 heavy (non-hydrogen) atoms. The van der Waals surface area contributed by atoms with Crippen molar-refractivity contribution in [2.24, 2.45) is 5.73 Å². The number of ether oxygens (including phenoxy) is 1. The van der Waals surface area contributed by atoms with E-state index < -0.39 is 27.8 Å². The number of esters is 1. The Morgan fingerprint density at radius 2 is 1.97 bits per heavy atom. The van der Waals surface area contributed by atoms with Crippen LogP contribution in [0.15, 0.2) is 35.2 Å². The Hall–Kier alpha value is -3.82. The summed E-state index contributed by atoms with van der Waals surface area (Å²) in [4.78, 5) is 40.2. The number of rotatable bonds is 10. The van der Waals surface area contributed by atoms with Gasteiger partial charge in [-0.15, -0.1) is 0 Å². The summed E-state index contributed by atoms with van der Waals surface area (Å²) in [7, 11) is -3.29. The molecule has 0 spiro atoms. The Balaban J connectivity index is 1.59. The van der Waals surface area contributed by atoms with Gasteiger partial charge in [-0.3, -0.25) is 10.1 Å². The van der Waals surface area contributed by atoms with Gasteiger partial charge in [-0.25, -0.2) is 18.2 Å². The average molecular weight is 575 g/mol. The van der Waals surface area contributed by atoms with Crippen LogP contribution >= 0.6 is 11.3 Å². The lowest BCUT2D eigenvalue weighted by Gasteiger charge is -2.33. The van der Waals surface area contributed by atoms with E-state index in [1.807, 2.05) is 4.90 Å². The summed E-state index contributed by atoms with van der Waals surface area (Å²) in [5.41, 5.74) is 6.89. The highest BCUT2D eigenvalue weighted by molar-refractivity contribution is 7.90. The molecule has 1 saturated heterocycles. The highest BCUT2D eigenvalue weighted by Gasteiger charge is 2.25. The first-order valence-corrected chi connectivity index (χ1v) is 14.9. The predicted octanol–water partition coefficient (Wildman–Crippen LogP) is 1.44. The van der Waals surface area contributed by atoms with Crippen LogP contribution in [-0.4, -0.2) is 73.8 Å². The van der Waals surface area contributed by atoms with Crippen LogP contribution in [-0.2, 0) is 25.9 Å². The largest absolute Gasteiger partial charge is 0.462 e. The molecule has 4 rings (SSSR count). The van der Waals surface area contributed by atoms with Crippen molar-refractivity contribution in [3.8, 4) is 0 Å². The van der Waals surface area contributed by atoms with E-state index in [0.717, 1.165) is 23.2 Å². The SMILES string of the molecule is CCOC(=O)c1sc(Nc2nc(NCc3ccc(S(C)(=O)=O)cc3)cc(N3CCNC(C(N)=O)C3)n2)nc1C. The minimum Gasteiger partial charge on any atom is -0.462 e. The van der Waals surface area contributed by atoms with E-state index in [0.29, 0.717) is 53.5 Å². The smallest absolute Gasteiger partial charge is 0.350 e. The van der Waals surface area contributed by atoms with Crippen molar-refractivity contribution in [2.75, 3.05) is 48.0 Å². The van der Waals surface area contributed by atoms with Crippen LogP contribution in [0.4, 0.5) is 22.7 Å². The van der Waals surface area contributed by atoms with Crippen LogP contribution in [0.3, 0.4) is 0 Å². The quantitative estimate of drug-likeness (QED) is 0.256. The second-order valence-corrected chi connectivity index (χ2v) is 11.9. The zero-order valence-corrected chi connectivity index (χ0v) is 23.4. The lowest BCUT2D eigenvalue weighted by atomic mass is 10.2. The van der Waals surface area contributed by atoms with Gasteiger partial charge in [0.1, 0.15) is 22.6 Å². The third-order valence-electron chi connectivity index (χ3n) is 5.86. The molecule has 2 aromatic heterocycles. The third-order valence-corrected chi connectivity index (χ3v) is 8.04. The normalized spacial score (nSPS) is 15.6. The molecule has 3 heterocycles. The summed E-state index contributed by atoms with van der Waals surface area (Å²) >= 11 is 1.14. The molecule has 3 aromatic rings. The van der Waals surface area contributed by atoms with E-state index in [1.54, 1.807) is 44.2 Å². The first kappa shape index (κ1) is 28.2. The molecule has 208 valence electrons. The average Bonchev–Trinajstić information content (AvgIpc) is 3.27. The van der Waals surface area contributed by atoms with Crippen molar-refractivity contribution < 1.29 is 22.7 Å². The van der Waals surface area contributed by atoms with E-state index in [-0.39, 0.29) is 17.5 Å². The van der Waals surface area contributed by atoms with Crippen molar-refractivity contribution in [3.05, 3.63) is 46.5 Å². The summed E-state index contributed by atoms with van der Waals surface area (Å²) in [5.74, 6) is 0.392. The number of aryl methyl sites for hydroxylation is 1. The van der Waals surface area contributed by atoms with Gasteiger partial charge in [0, 0.05) is 38.5 Å². The summed E-state index contributed by atoms with van der Waals surface area (Å²) in [6, 6.07) is 7.81. The molecule has 1 unspecified atom stereocenters. The Labute approximate surface area is 230 Å². The first-order valence-electron chi connectivity index (χ1n) is 12.1. The van der Waals surface area contributed by atoms with Gasteiger partial charge in [-0.05, 0) is 31.5 Å². The molecular weight excluding hydrogens is 544 g/mol. The Kier molecular flexibility index (Phi) is 8.62. The fraction of sp³-hybridized carbons (Fsp3) is 0.375. The number of thiazole rings is 1. The van der Waals surface area contributed by atoms with Crippen LogP contribution in [0.1, 0.15) is 27.9 Å². The molecule has 1 amide bonds. The minimum atomic E-state index is -3.29. The number of carbonyl (C=O) groups is 2. The Morgan fingerprint density at radius 1 is 1.23 bits per heavy atom. The van der Waals surface area contributed by atoms with Gasteiger partial charge in [0.05, 0.1) is 17.2 Å². The van der Waals surface area contributed by atoms with E-state index in [4.69, 9.17) is 10.5 Å². The van der Waals surface area contributed by atoms with Gasteiger partial charge in [0.15, 0.2) is 15.0 Å². The van der Waals surface area contributed by atoms with Crippen LogP contribution in [0.5, 0.6) is 0 Å². The number of hydrogen-bond acceptors (Lipinski definition) is 13. The highest BCUT2D eigenvalue weighted by atomic mass is 32.2. The van der Waals surface area contributed by atoms with Gasteiger partial charge in [0.25, 0.3) is 0 Å². The van der Waals surface area contributed by atoms with E-state index >= 15 is 0 Å². The first-order chi connectivity index (χ1) is 18.5. The molecule has 15 heteroatoms. The fourth-order valence-electron chi connectivity index (χ4n) is 3.87. The van der Waals surface area contributed by atoms with Crippen LogP contribution < -0.4 is 26.6 Å². The number of benzene rings is 1. The summed E-state index contributed by atoms with van der Waals surface area (Å²) in [6.07, 6.45) is 1.16. The molecule has 1 aliphatic rings. The van der Waals surface area contributed by atoms with Crippen molar-refractivity contribution in [1.82, 2.24) is 20.3 Å². The molecule has 0 saturated carbocycles. The van der Waals surface area contributed by atoms with E-state index in [1.165, 1.54) is 0 Å². The van der Waals surface area contributed by atoms with Gasteiger partial charge in [0.2, 0.25) is 11.9 Å². The molecule has 1 aromatic carbocycles. The van der Waals surface area contributed by atoms with E-state index in [2.05, 4.69) is 30.9 Å². The summed E-state index contributed by atoms with van der Waals surface area (Å²) in [5, 5.41) is 9.83. The Bertz CT molecular complexity index is 1460. The monoisotopic (exact) mass is 574 g/mol.